The van der Waals surface area contributed by atoms with Crippen molar-refractivity contribution in [1.82, 2.24) is 15.3 Å². The smallest absolute Gasteiger partial charge is 0.134 e. The van der Waals surface area contributed by atoms with Gasteiger partial charge in [0.25, 0.3) is 0 Å². The number of halogens is 1. The molecule has 5 heteroatoms. The van der Waals surface area contributed by atoms with Gasteiger partial charge in [0.2, 0.25) is 0 Å². The van der Waals surface area contributed by atoms with Crippen molar-refractivity contribution in [2.75, 3.05) is 0 Å². The normalized spacial score (nSPS) is 14.7. The average Bonchev–Trinajstić information content (AvgIpc) is 2.69. The van der Waals surface area contributed by atoms with Crippen molar-refractivity contribution in [2.45, 2.75) is 44.7 Å². The van der Waals surface area contributed by atoms with Crippen molar-refractivity contribution in [3.63, 3.8) is 0 Å². The van der Waals surface area contributed by atoms with Crippen molar-refractivity contribution >= 4 is 22.4 Å². The molecule has 0 amide bonds. The van der Waals surface area contributed by atoms with Gasteiger partial charge in [-0.05, 0) is 48.1 Å². The highest BCUT2D eigenvalue weighted by atomic mass is 35.5. The molecule has 26 heavy (non-hydrogen) atoms. The van der Waals surface area contributed by atoms with Crippen LogP contribution in [0.15, 0.2) is 55.1 Å². The summed E-state index contributed by atoms with van der Waals surface area (Å²) in [5.74, 6) is 0.107. The predicted octanol–water partition coefficient (Wildman–Crippen LogP) is 5.10. The van der Waals surface area contributed by atoms with E-state index in [-0.39, 0.29) is 5.75 Å². The summed E-state index contributed by atoms with van der Waals surface area (Å²) in [4.78, 5) is 8.05. The van der Waals surface area contributed by atoms with Gasteiger partial charge in [0.15, 0.2) is 0 Å². The van der Waals surface area contributed by atoms with E-state index in [1.807, 2.05) is 24.5 Å². The van der Waals surface area contributed by atoms with Crippen molar-refractivity contribution < 1.29 is 5.11 Å². The van der Waals surface area contributed by atoms with E-state index < -0.39 is 0 Å². The molecule has 1 fully saturated rings. The minimum Gasteiger partial charge on any atom is -0.506 e. The third-order valence-electron chi connectivity index (χ3n) is 4.63. The number of phenolic OH excluding ortho intramolecular Hbond substituents is 1. The highest BCUT2D eigenvalue weighted by Crippen LogP contribution is 2.27. The molecule has 136 valence electrons. The molecule has 3 aromatic rings. The zero-order chi connectivity index (χ0) is 18.2. The third kappa shape index (κ3) is 5.41. The molecule has 0 aliphatic heterocycles. The number of nitrogens with one attached hydrogen (secondary N) is 1. The number of nitrogens with zero attached hydrogens (tertiary/aromatic N) is 2. The van der Waals surface area contributed by atoms with Crippen LogP contribution in [0.3, 0.4) is 0 Å². The SMILES string of the molecule is Oc1cc2ccncc2cc1Cl.c1cncc(CNC2CCCCC2)c1. The number of aromatic nitrogens is 2. The largest absolute Gasteiger partial charge is 0.506 e. The number of hydrogen-bond acceptors (Lipinski definition) is 4. The molecule has 1 aliphatic rings. The van der Waals surface area contributed by atoms with E-state index in [2.05, 4.69) is 21.4 Å². The van der Waals surface area contributed by atoms with Crippen LogP contribution in [0.4, 0.5) is 0 Å². The number of aromatic hydroxyl groups is 1. The van der Waals surface area contributed by atoms with E-state index >= 15 is 0 Å². The maximum atomic E-state index is 9.26. The van der Waals surface area contributed by atoms with Crippen molar-refractivity contribution in [2.24, 2.45) is 0 Å². The molecule has 1 aliphatic carbocycles. The van der Waals surface area contributed by atoms with Crippen molar-refractivity contribution in [1.29, 1.82) is 0 Å². The van der Waals surface area contributed by atoms with Gasteiger partial charge in [-0.25, -0.2) is 0 Å². The molecule has 0 unspecified atom stereocenters. The third-order valence-corrected chi connectivity index (χ3v) is 4.93. The fraction of sp³-hybridized carbons (Fsp3) is 0.333. The molecule has 2 heterocycles. The lowest BCUT2D eigenvalue weighted by Gasteiger charge is -2.22. The van der Waals surface area contributed by atoms with Crippen LogP contribution in [0.5, 0.6) is 5.75 Å². The zero-order valence-corrected chi connectivity index (χ0v) is 15.5. The summed E-state index contributed by atoms with van der Waals surface area (Å²) in [6.45, 7) is 0.971. The van der Waals surface area contributed by atoms with Crippen LogP contribution in [-0.4, -0.2) is 21.1 Å². The van der Waals surface area contributed by atoms with Crippen LogP contribution >= 0.6 is 11.6 Å². The zero-order valence-electron chi connectivity index (χ0n) is 14.7. The molecule has 0 spiro atoms. The van der Waals surface area contributed by atoms with E-state index in [1.54, 1.807) is 24.5 Å². The molecule has 0 atom stereocenters. The average molecular weight is 370 g/mol. The van der Waals surface area contributed by atoms with E-state index in [9.17, 15) is 5.11 Å². The van der Waals surface area contributed by atoms with Gasteiger partial charge >= 0.3 is 0 Å². The van der Waals surface area contributed by atoms with Crippen molar-refractivity contribution in [3.8, 4) is 5.75 Å². The van der Waals surface area contributed by atoms with Gasteiger partial charge in [0, 0.05) is 42.8 Å². The Kier molecular flexibility index (Phi) is 6.81. The fourth-order valence-electron chi connectivity index (χ4n) is 3.17. The van der Waals surface area contributed by atoms with Gasteiger partial charge in [-0.15, -0.1) is 0 Å². The lowest BCUT2D eigenvalue weighted by molar-refractivity contribution is 0.372. The second kappa shape index (κ2) is 9.51. The minimum atomic E-state index is 0.107. The van der Waals surface area contributed by atoms with Gasteiger partial charge in [-0.1, -0.05) is 36.9 Å². The first-order chi connectivity index (χ1) is 12.7. The summed E-state index contributed by atoms with van der Waals surface area (Å²) in [5, 5.41) is 15.1. The molecule has 2 aromatic heterocycles. The first kappa shape index (κ1) is 18.6. The molecular weight excluding hydrogens is 346 g/mol. The minimum absolute atomic E-state index is 0.107. The summed E-state index contributed by atoms with van der Waals surface area (Å²) in [6.07, 6.45) is 14.1. The van der Waals surface area contributed by atoms with E-state index in [4.69, 9.17) is 11.6 Å². The van der Waals surface area contributed by atoms with Gasteiger partial charge in [-0.3, -0.25) is 9.97 Å². The Hall–Kier alpha value is -2.17. The Morgan fingerprint density at radius 2 is 1.81 bits per heavy atom. The maximum Gasteiger partial charge on any atom is 0.134 e. The van der Waals surface area contributed by atoms with E-state index in [1.165, 1.54) is 37.7 Å². The van der Waals surface area contributed by atoms with Crippen LogP contribution in [0.1, 0.15) is 37.7 Å². The van der Waals surface area contributed by atoms with Crippen LogP contribution in [0, 0.1) is 0 Å². The second-order valence-electron chi connectivity index (χ2n) is 6.60. The number of benzene rings is 1. The monoisotopic (exact) mass is 369 g/mol. The van der Waals surface area contributed by atoms with E-state index in [0.717, 1.165) is 23.4 Å². The fourth-order valence-corrected chi connectivity index (χ4v) is 3.34. The van der Waals surface area contributed by atoms with Gasteiger partial charge in [0.05, 0.1) is 5.02 Å². The topological polar surface area (TPSA) is 58.0 Å². The summed E-state index contributed by atoms with van der Waals surface area (Å²) in [6, 6.07) is 10.0. The summed E-state index contributed by atoms with van der Waals surface area (Å²) in [7, 11) is 0. The molecule has 1 saturated carbocycles. The molecule has 1 aromatic carbocycles. The van der Waals surface area contributed by atoms with Gasteiger partial charge in [-0.2, -0.15) is 0 Å². The molecule has 0 bridgehead atoms. The number of rotatable bonds is 3. The van der Waals surface area contributed by atoms with Gasteiger partial charge in [0.1, 0.15) is 5.75 Å². The van der Waals surface area contributed by atoms with Crippen molar-refractivity contribution in [3.05, 3.63) is 65.7 Å². The molecule has 0 saturated heterocycles. The highest BCUT2D eigenvalue weighted by Gasteiger charge is 2.11. The Balaban J connectivity index is 0.000000152. The second-order valence-corrected chi connectivity index (χ2v) is 7.01. The van der Waals surface area contributed by atoms with Crippen LogP contribution in [-0.2, 0) is 6.54 Å². The maximum absolute atomic E-state index is 9.26. The molecule has 2 N–H and O–H groups in total. The predicted molar refractivity (Wildman–Crippen MR) is 106 cm³/mol. The van der Waals surface area contributed by atoms with Crippen LogP contribution < -0.4 is 5.32 Å². The first-order valence-electron chi connectivity index (χ1n) is 9.07. The Morgan fingerprint density at radius 1 is 1.00 bits per heavy atom. The summed E-state index contributed by atoms with van der Waals surface area (Å²) in [5.41, 5.74) is 1.29. The highest BCUT2D eigenvalue weighted by molar-refractivity contribution is 6.32. The Bertz CT molecular complexity index is 779. The summed E-state index contributed by atoms with van der Waals surface area (Å²) < 4.78 is 0. The molecule has 4 rings (SSSR count). The quantitative estimate of drug-likeness (QED) is 0.674. The number of hydrogen-bond donors (Lipinski definition) is 2. The standard InChI is InChI=1S/C12H18N2.C9H6ClNO/c1-2-6-12(7-3-1)14-10-11-5-4-8-13-9-11;10-8-3-7-5-11-2-1-6(7)4-9(8)12/h4-5,8-9,12,14H,1-3,6-7,10H2;1-5,12H. The molecular formula is C21H24ClN3O. The molecule has 4 nitrogen and oxygen atoms in total. The van der Waals surface area contributed by atoms with Crippen LogP contribution in [0.2, 0.25) is 5.02 Å². The van der Waals surface area contributed by atoms with Gasteiger partial charge < -0.3 is 10.4 Å². The first-order valence-corrected chi connectivity index (χ1v) is 9.45. The Morgan fingerprint density at radius 3 is 2.58 bits per heavy atom. The molecule has 0 radical (unpaired) electrons. The lowest BCUT2D eigenvalue weighted by Crippen LogP contribution is -2.30. The number of pyridine rings is 2. The number of phenols is 1. The van der Waals surface area contributed by atoms with Crippen LogP contribution in [0.25, 0.3) is 10.8 Å². The summed E-state index contributed by atoms with van der Waals surface area (Å²) >= 11 is 5.71. The number of fused-ring (bicyclic) bond motifs is 1. The Labute approximate surface area is 159 Å². The lowest BCUT2D eigenvalue weighted by atomic mass is 9.95. The van der Waals surface area contributed by atoms with E-state index in [0.29, 0.717) is 5.02 Å².